The van der Waals surface area contributed by atoms with Crippen molar-refractivity contribution in [2.24, 2.45) is 0 Å². The first-order valence-corrected chi connectivity index (χ1v) is 8.52. The summed E-state index contributed by atoms with van der Waals surface area (Å²) in [5.41, 5.74) is 3.09. The number of hydrogen-bond donors (Lipinski definition) is 2. The number of benzene rings is 1. The van der Waals surface area contributed by atoms with E-state index in [0.717, 1.165) is 21.7 Å². The van der Waals surface area contributed by atoms with Gasteiger partial charge < -0.3 is 14.7 Å². The summed E-state index contributed by atoms with van der Waals surface area (Å²) in [6.45, 7) is 4.82. The molecule has 2 aromatic rings. The number of rotatable bonds is 4. The number of nitrogens with zero attached hydrogens (tertiary/aromatic N) is 4. The number of ether oxygens (including phenoxy) is 1. The fourth-order valence-electron chi connectivity index (χ4n) is 3.35. The predicted octanol–water partition coefficient (Wildman–Crippen LogP) is -0.436. The lowest BCUT2D eigenvalue weighted by Gasteiger charge is -2.18. The number of aryl methyl sites for hydroxylation is 2. The second-order valence-electron chi connectivity index (χ2n) is 6.50. The first-order valence-electron chi connectivity index (χ1n) is 8.11. The number of aliphatic hydroxyl groups excluding tert-OH is 1. The normalized spacial score (nSPS) is 23.0. The Morgan fingerprint density at radius 1 is 1.36 bits per heavy atom. The third-order valence-corrected chi connectivity index (χ3v) is 4.81. The minimum absolute atomic E-state index is 0.334. The van der Waals surface area contributed by atoms with Gasteiger partial charge in [-0.2, -0.15) is 9.36 Å². The number of hydrogen-bond acceptors (Lipinski definition) is 6. The summed E-state index contributed by atoms with van der Waals surface area (Å²) in [6, 6.07) is 5.64. The van der Waals surface area contributed by atoms with Gasteiger partial charge in [0.2, 0.25) is 4.77 Å². The van der Waals surface area contributed by atoms with Crippen molar-refractivity contribution in [3.63, 3.8) is 0 Å². The van der Waals surface area contributed by atoms with Crippen LogP contribution in [0.4, 0.5) is 0 Å². The molecule has 1 aromatic heterocycles. The summed E-state index contributed by atoms with van der Waals surface area (Å²) in [4.78, 5) is 12.8. The van der Waals surface area contributed by atoms with Crippen LogP contribution in [0.1, 0.15) is 17.5 Å². The summed E-state index contributed by atoms with van der Waals surface area (Å²) in [5.74, 6) is -0.334. The Kier molecular flexibility index (Phi) is 4.98. The zero-order chi connectivity index (χ0) is 18.1. The summed E-state index contributed by atoms with van der Waals surface area (Å²) < 4.78 is 8.47. The van der Waals surface area contributed by atoms with Gasteiger partial charge in [-0.3, -0.25) is 0 Å². The van der Waals surface area contributed by atoms with E-state index in [1.165, 1.54) is 7.11 Å². The molecular weight excluding hydrogens is 342 g/mol. The molecule has 1 unspecified atom stereocenters. The van der Waals surface area contributed by atoms with Gasteiger partial charge in [-0.05, 0) is 59.8 Å². The third-order valence-electron chi connectivity index (χ3n) is 4.43. The molecule has 3 rings (SSSR count). The molecule has 0 aliphatic carbocycles. The molecule has 0 spiro atoms. The van der Waals surface area contributed by atoms with Gasteiger partial charge in [-0.1, -0.05) is 6.07 Å². The Morgan fingerprint density at radius 2 is 2.04 bits per heavy atom. The van der Waals surface area contributed by atoms with E-state index in [0.29, 0.717) is 24.4 Å². The number of esters is 1. The molecule has 1 aromatic carbocycles. The topological polar surface area (TPSA) is 86.6 Å². The summed E-state index contributed by atoms with van der Waals surface area (Å²) in [6.07, 6.45) is -0.164. The average molecular weight is 364 g/mol. The molecule has 3 atom stereocenters. The zero-order valence-electron chi connectivity index (χ0n) is 14.5. The van der Waals surface area contributed by atoms with Gasteiger partial charge in [0.1, 0.15) is 12.6 Å². The molecule has 9 heteroatoms. The van der Waals surface area contributed by atoms with Crippen molar-refractivity contribution in [1.82, 2.24) is 19.8 Å². The SMILES string of the molecule is COC(=O)[C@@H]1C[C@H](O)C[NH+]1Cn1nnn(-c2cc(C)cc(C)c2)c1=S. The van der Waals surface area contributed by atoms with Crippen molar-refractivity contribution < 1.29 is 19.5 Å². The van der Waals surface area contributed by atoms with Gasteiger partial charge >= 0.3 is 5.97 Å². The highest BCUT2D eigenvalue weighted by Crippen LogP contribution is 2.13. The van der Waals surface area contributed by atoms with E-state index in [2.05, 4.69) is 16.5 Å². The lowest BCUT2D eigenvalue weighted by molar-refractivity contribution is -0.928. The van der Waals surface area contributed by atoms with Crippen LogP contribution in [0.3, 0.4) is 0 Å². The average Bonchev–Trinajstić information content (AvgIpc) is 3.09. The van der Waals surface area contributed by atoms with Crippen LogP contribution in [0.5, 0.6) is 0 Å². The van der Waals surface area contributed by atoms with Gasteiger partial charge in [-0.25, -0.2) is 4.79 Å². The van der Waals surface area contributed by atoms with Crippen molar-refractivity contribution in [2.45, 2.75) is 39.1 Å². The highest BCUT2D eigenvalue weighted by Gasteiger charge is 2.41. The lowest BCUT2D eigenvalue weighted by Crippen LogP contribution is -3.14. The molecule has 1 fully saturated rings. The minimum Gasteiger partial charge on any atom is -0.465 e. The third kappa shape index (κ3) is 3.63. The van der Waals surface area contributed by atoms with Crippen LogP contribution in [0, 0.1) is 18.6 Å². The molecule has 2 heterocycles. The number of carbonyl (C=O) groups excluding carboxylic acids is 1. The predicted molar refractivity (Wildman–Crippen MR) is 91.9 cm³/mol. The van der Waals surface area contributed by atoms with Gasteiger partial charge in [-0.15, -0.1) is 0 Å². The molecule has 0 bridgehead atoms. The molecule has 1 aliphatic rings. The Bertz CT molecular complexity index is 826. The second-order valence-corrected chi connectivity index (χ2v) is 6.87. The maximum atomic E-state index is 11.9. The van der Waals surface area contributed by atoms with Gasteiger partial charge in [0.05, 0.1) is 12.8 Å². The van der Waals surface area contributed by atoms with E-state index in [1.807, 2.05) is 26.0 Å². The first-order chi connectivity index (χ1) is 11.9. The van der Waals surface area contributed by atoms with Gasteiger partial charge in [0, 0.05) is 6.42 Å². The smallest absolute Gasteiger partial charge is 0.364 e. The minimum atomic E-state index is -0.539. The maximum absolute atomic E-state index is 11.9. The quantitative estimate of drug-likeness (QED) is 0.565. The van der Waals surface area contributed by atoms with Crippen molar-refractivity contribution in [3.05, 3.63) is 34.1 Å². The van der Waals surface area contributed by atoms with E-state index >= 15 is 0 Å². The molecule has 134 valence electrons. The Balaban J connectivity index is 1.86. The largest absolute Gasteiger partial charge is 0.465 e. The highest BCUT2D eigenvalue weighted by molar-refractivity contribution is 7.71. The van der Waals surface area contributed by atoms with Crippen LogP contribution in [0.2, 0.25) is 0 Å². The highest BCUT2D eigenvalue weighted by atomic mass is 32.1. The Labute approximate surface area is 150 Å². The van der Waals surface area contributed by atoms with Crippen LogP contribution < -0.4 is 4.90 Å². The van der Waals surface area contributed by atoms with Crippen molar-refractivity contribution in [2.75, 3.05) is 13.7 Å². The number of nitrogens with one attached hydrogen (secondary N) is 1. The molecule has 2 N–H and O–H groups in total. The lowest BCUT2D eigenvalue weighted by atomic mass is 10.1. The number of carbonyl (C=O) groups is 1. The van der Waals surface area contributed by atoms with Crippen LogP contribution in [0.15, 0.2) is 18.2 Å². The van der Waals surface area contributed by atoms with Crippen LogP contribution in [-0.2, 0) is 16.2 Å². The van der Waals surface area contributed by atoms with Crippen molar-refractivity contribution in [3.8, 4) is 5.69 Å². The molecular formula is C16H22N5O3S+. The molecule has 1 saturated heterocycles. The van der Waals surface area contributed by atoms with Gasteiger partial charge in [0.15, 0.2) is 12.7 Å². The Hall–Kier alpha value is -2.10. The molecule has 1 aliphatic heterocycles. The second kappa shape index (κ2) is 7.03. The van der Waals surface area contributed by atoms with E-state index in [-0.39, 0.29) is 5.97 Å². The van der Waals surface area contributed by atoms with Gasteiger partial charge in [0.25, 0.3) is 0 Å². The summed E-state index contributed by atoms with van der Waals surface area (Å²) >= 11 is 5.50. The summed E-state index contributed by atoms with van der Waals surface area (Å²) in [7, 11) is 1.35. The molecule has 0 amide bonds. The van der Waals surface area contributed by atoms with Crippen LogP contribution in [-0.4, -0.2) is 56.7 Å². The number of tetrazole rings is 1. The molecule has 0 saturated carbocycles. The van der Waals surface area contributed by atoms with E-state index in [9.17, 15) is 9.90 Å². The number of quaternary nitrogens is 1. The number of aliphatic hydroxyl groups is 1. The summed E-state index contributed by atoms with van der Waals surface area (Å²) in [5, 5.41) is 18.2. The molecule has 25 heavy (non-hydrogen) atoms. The van der Waals surface area contributed by atoms with E-state index < -0.39 is 12.1 Å². The molecule has 0 radical (unpaired) electrons. The van der Waals surface area contributed by atoms with Crippen molar-refractivity contribution in [1.29, 1.82) is 0 Å². The standard InChI is InChI=1S/C16H21N5O3S/c1-10-4-11(2)6-12(5-10)21-16(25)20(17-18-21)9-19-8-13(22)7-14(19)15(23)24-3/h4-6,13-14,22H,7-9H2,1-3H3/p+1/t13-,14-/m0/s1. The fourth-order valence-corrected chi connectivity index (χ4v) is 3.59. The monoisotopic (exact) mass is 364 g/mol. The number of aromatic nitrogens is 4. The zero-order valence-corrected chi connectivity index (χ0v) is 15.3. The molecule has 8 nitrogen and oxygen atoms in total. The van der Waals surface area contributed by atoms with Crippen LogP contribution in [0.25, 0.3) is 5.69 Å². The maximum Gasteiger partial charge on any atom is 0.364 e. The Morgan fingerprint density at radius 3 is 2.68 bits per heavy atom. The first kappa shape index (κ1) is 17.7. The number of methoxy groups -OCH3 is 1. The number of likely N-dealkylation sites (tertiary alicyclic amines) is 1. The fraction of sp³-hybridized carbons (Fsp3) is 0.500. The van der Waals surface area contributed by atoms with Crippen LogP contribution >= 0.6 is 12.2 Å². The van der Waals surface area contributed by atoms with E-state index in [1.54, 1.807) is 9.36 Å². The van der Waals surface area contributed by atoms with E-state index in [4.69, 9.17) is 17.0 Å². The van der Waals surface area contributed by atoms with Crippen molar-refractivity contribution >= 4 is 18.2 Å².